The van der Waals surface area contributed by atoms with Crippen LogP contribution in [0.15, 0.2) is 24.3 Å². The largest absolute Gasteiger partial charge is 0.480 e. The van der Waals surface area contributed by atoms with Crippen LogP contribution >= 0.6 is 0 Å². The van der Waals surface area contributed by atoms with Gasteiger partial charge in [0.15, 0.2) is 0 Å². The summed E-state index contributed by atoms with van der Waals surface area (Å²) < 4.78 is 0. The number of carbonyl (C=O) groups excluding carboxylic acids is 2. The first-order valence-corrected chi connectivity index (χ1v) is 7.28. The molecule has 0 spiro atoms. The highest BCUT2D eigenvalue weighted by Crippen LogP contribution is 2.46. The number of rotatable bonds is 6. The number of carboxylic acids is 1. The molecule has 3 N–H and O–H groups in total. The van der Waals surface area contributed by atoms with Crippen LogP contribution in [0.25, 0.3) is 0 Å². The molecule has 0 aromatic heterocycles. The summed E-state index contributed by atoms with van der Waals surface area (Å²) in [6, 6.07) is 6.63. The van der Waals surface area contributed by atoms with Gasteiger partial charge in [-0.3, -0.25) is 14.4 Å². The molecular weight excluding hydrogens is 284 g/mol. The Morgan fingerprint density at radius 1 is 1.09 bits per heavy atom. The van der Waals surface area contributed by atoms with Gasteiger partial charge in [-0.05, 0) is 43.0 Å². The summed E-state index contributed by atoms with van der Waals surface area (Å²) in [5.74, 6) is -1.35. The Morgan fingerprint density at radius 3 is 2.00 bits per heavy atom. The van der Waals surface area contributed by atoms with Crippen LogP contribution in [-0.2, 0) is 14.4 Å². The molecular formula is C16H20N2O4. The van der Waals surface area contributed by atoms with Crippen molar-refractivity contribution in [3.05, 3.63) is 24.3 Å². The van der Waals surface area contributed by atoms with Crippen molar-refractivity contribution in [3.63, 3.8) is 0 Å². The molecule has 0 aliphatic heterocycles. The Morgan fingerprint density at radius 2 is 1.59 bits per heavy atom. The Bertz CT molecular complexity index is 589. The Hall–Kier alpha value is -2.37. The summed E-state index contributed by atoms with van der Waals surface area (Å²) in [5, 5.41) is 14.4. The van der Waals surface area contributed by atoms with Crippen molar-refractivity contribution in [2.24, 2.45) is 11.3 Å². The van der Waals surface area contributed by atoms with E-state index in [0.717, 1.165) is 0 Å². The maximum Gasteiger partial charge on any atom is 0.319 e. The molecule has 1 aromatic carbocycles. The molecule has 1 fully saturated rings. The van der Waals surface area contributed by atoms with Crippen LogP contribution in [0.5, 0.6) is 0 Å². The molecule has 0 saturated heterocycles. The van der Waals surface area contributed by atoms with Crippen LogP contribution in [0.1, 0.15) is 33.1 Å². The maximum absolute atomic E-state index is 12.0. The van der Waals surface area contributed by atoms with Crippen molar-refractivity contribution in [3.8, 4) is 0 Å². The lowest BCUT2D eigenvalue weighted by atomic mass is 10.1. The molecule has 2 amide bonds. The second kappa shape index (κ2) is 6.17. The standard InChI is InChI=1S/C16H20N2O4/c1-10(2)9-13(19)17-11-3-5-12(6-4-11)18-14(20)16(7-8-16)15(21)22/h3-6,10H,7-9H2,1-2H3,(H,17,19)(H,18,20)(H,21,22). The molecule has 0 heterocycles. The molecule has 6 nitrogen and oxygen atoms in total. The predicted octanol–water partition coefficient (Wildman–Crippen LogP) is 2.47. The van der Waals surface area contributed by atoms with E-state index in [-0.39, 0.29) is 11.8 Å². The van der Waals surface area contributed by atoms with E-state index in [9.17, 15) is 14.4 Å². The summed E-state index contributed by atoms with van der Waals surface area (Å²) in [6.07, 6.45) is 1.19. The SMILES string of the molecule is CC(C)CC(=O)Nc1ccc(NC(=O)C2(C(=O)O)CC2)cc1. The quantitative estimate of drug-likeness (QED) is 0.703. The number of aliphatic carboxylic acids is 1. The molecule has 6 heteroatoms. The lowest BCUT2D eigenvalue weighted by Gasteiger charge is -2.12. The highest BCUT2D eigenvalue weighted by atomic mass is 16.4. The minimum absolute atomic E-state index is 0.0606. The zero-order valence-electron chi connectivity index (χ0n) is 12.7. The van der Waals surface area contributed by atoms with E-state index in [1.807, 2.05) is 13.8 Å². The first-order chi connectivity index (χ1) is 10.3. The minimum Gasteiger partial charge on any atom is -0.480 e. The molecule has 0 atom stereocenters. The Balaban J connectivity index is 1.94. The van der Waals surface area contributed by atoms with Crippen molar-refractivity contribution in [1.82, 2.24) is 0 Å². The molecule has 118 valence electrons. The maximum atomic E-state index is 12.0. The van der Waals surface area contributed by atoms with E-state index in [4.69, 9.17) is 5.11 Å². The number of nitrogens with one attached hydrogen (secondary N) is 2. The fourth-order valence-electron chi connectivity index (χ4n) is 2.13. The fourth-order valence-corrected chi connectivity index (χ4v) is 2.13. The molecule has 1 aliphatic carbocycles. The Kier molecular flexibility index (Phi) is 4.49. The van der Waals surface area contributed by atoms with Gasteiger partial charge in [-0.15, -0.1) is 0 Å². The second-order valence-electron chi connectivity index (χ2n) is 6.06. The van der Waals surface area contributed by atoms with Crippen LogP contribution in [0.4, 0.5) is 11.4 Å². The van der Waals surface area contributed by atoms with Crippen molar-refractivity contribution >= 4 is 29.2 Å². The van der Waals surface area contributed by atoms with E-state index < -0.39 is 17.3 Å². The highest BCUT2D eigenvalue weighted by molar-refractivity contribution is 6.10. The minimum atomic E-state index is -1.26. The number of carbonyl (C=O) groups is 3. The van der Waals surface area contributed by atoms with E-state index in [1.165, 1.54) is 0 Å². The first kappa shape index (κ1) is 16.0. The number of anilines is 2. The number of amides is 2. The average molecular weight is 304 g/mol. The lowest BCUT2D eigenvalue weighted by Crippen LogP contribution is -2.31. The number of carboxylic acid groups (broad SMARTS) is 1. The van der Waals surface area contributed by atoms with Gasteiger partial charge in [0.05, 0.1) is 0 Å². The van der Waals surface area contributed by atoms with Gasteiger partial charge in [-0.1, -0.05) is 13.8 Å². The summed E-state index contributed by atoms with van der Waals surface area (Å²) in [7, 11) is 0. The fraction of sp³-hybridized carbons (Fsp3) is 0.438. The van der Waals surface area contributed by atoms with Crippen LogP contribution in [0.2, 0.25) is 0 Å². The predicted molar refractivity (Wildman–Crippen MR) is 82.5 cm³/mol. The first-order valence-electron chi connectivity index (χ1n) is 7.28. The monoisotopic (exact) mass is 304 g/mol. The van der Waals surface area contributed by atoms with E-state index in [1.54, 1.807) is 24.3 Å². The smallest absolute Gasteiger partial charge is 0.319 e. The van der Waals surface area contributed by atoms with Gasteiger partial charge >= 0.3 is 5.97 Å². The number of hydrogen-bond donors (Lipinski definition) is 3. The van der Waals surface area contributed by atoms with Crippen molar-refractivity contribution in [1.29, 1.82) is 0 Å². The third kappa shape index (κ3) is 3.63. The summed E-state index contributed by atoms with van der Waals surface area (Å²) >= 11 is 0. The van der Waals surface area contributed by atoms with Gasteiger partial charge in [-0.25, -0.2) is 0 Å². The van der Waals surface area contributed by atoms with Gasteiger partial charge in [0.2, 0.25) is 11.8 Å². The van der Waals surface area contributed by atoms with Crippen molar-refractivity contribution in [2.45, 2.75) is 33.1 Å². The molecule has 2 rings (SSSR count). The Labute approximate surface area is 128 Å². The third-order valence-corrected chi connectivity index (χ3v) is 3.61. The van der Waals surface area contributed by atoms with Gasteiger partial charge in [0, 0.05) is 17.8 Å². The zero-order valence-corrected chi connectivity index (χ0v) is 12.7. The van der Waals surface area contributed by atoms with Crippen LogP contribution < -0.4 is 10.6 Å². The van der Waals surface area contributed by atoms with Gasteiger partial charge < -0.3 is 15.7 Å². The zero-order chi connectivity index (χ0) is 16.3. The van der Waals surface area contributed by atoms with E-state index in [0.29, 0.717) is 30.6 Å². The topological polar surface area (TPSA) is 95.5 Å². The summed E-state index contributed by atoms with van der Waals surface area (Å²) in [6.45, 7) is 3.93. The summed E-state index contributed by atoms with van der Waals surface area (Å²) in [5.41, 5.74) is -0.105. The third-order valence-electron chi connectivity index (χ3n) is 3.61. The lowest BCUT2D eigenvalue weighted by molar-refractivity contribution is -0.147. The highest BCUT2D eigenvalue weighted by Gasteiger charge is 2.57. The normalized spacial score (nSPS) is 15.2. The van der Waals surface area contributed by atoms with Crippen LogP contribution in [0.3, 0.4) is 0 Å². The van der Waals surface area contributed by atoms with Gasteiger partial charge in [0.25, 0.3) is 0 Å². The molecule has 0 radical (unpaired) electrons. The second-order valence-corrected chi connectivity index (χ2v) is 6.06. The van der Waals surface area contributed by atoms with Crippen LogP contribution in [0, 0.1) is 11.3 Å². The van der Waals surface area contributed by atoms with Crippen molar-refractivity contribution < 1.29 is 19.5 Å². The van der Waals surface area contributed by atoms with Crippen LogP contribution in [-0.4, -0.2) is 22.9 Å². The van der Waals surface area contributed by atoms with E-state index in [2.05, 4.69) is 10.6 Å². The molecule has 1 aromatic rings. The summed E-state index contributed by atoms with van der Waals surface area (Å²) in [4.78, 5) is 34.7. The number of benzene rings is 1. The molecule has 0 bridgehead atoms. The molecule has 1 aliphatic rings. The van der Waals surface area contributed by atoms with Gasteiger partial charge in [-0.2, -0.15) is 0 Å². The van der Waals surface area contributed by atoms with Gasteiger partial charge in [0.1, 0.15) is 5.41 Å². The molecule has 22 heavy (non-hydrogen) atoms. The molecule has 0 unspecified atom stereocenters. The van der Waals surface area contributed by atoms with E-state index >= 15 is 0 Å². The number of hydrogen-bond acceptors (Lipinski definition) is 3. The average Bonchev–Trinajstić information content (AvgIpc) is 3.21. The molecule has 1 saturated carbocycles. The van der Waals surface area contributed by atoms with Crippen molar-refractivity contribution in [2.75, 3.05) is 10.6 Å².